The number of fused-ring (bicyclic) bond motifs is 4. The molecular formula is C46H37N3O6. The largest absolute Gasteiger partial charge is 0.508 e. The van der Waals surface area contributed by atoms with Gasteiger partial charge in [0.05, 0.1) is 34.5 Å². The van der Waals surface area contributed by atoms with E-state index >= 15 is 4.79 Å². The van der Waals surface area contributed by atoms with Crippen LogP contribution in [-0.2, 0) is 24.6 Å². The maximum Gasteiger partial charge on any atom is 0.260 e. The van der Waals surface area contributed by atoms with Gasteiger partial charge in [0.2, 0.25) is 11.8 Å². The van der Waals surface area contributed by atoms with Crippen molar-refractivity contribution in [2.75, 3.05) is 10.3 Å². The predicted molar refractivity (Wildman–Crippen MR) is 206 cm³/mol. The Bertz CT molecular complexity index is 2410. The maximum atomic E-state index is 15.2. The predicted octanol–water partition coefficient (Wildman–Crippen LogP) is 7.12. The van der Waals surface area contributed by atoms with E-state index in [0.29, 0.717) is 33.6 Å². The molecule has 0 bridgehead atoms. The molecule has 4 amide bonds. The highest BCUT2D eigenvalue weighted by atomic mass is 16.3. The highest BCUT2D eigenvalue weighted by molar-refractivity contribution is 6.23. The van der Waals surface area contributed by atoms with E-state index in [1.165, 1.54) is 4.90 Å². The topological polar surface area (TPSA) is 124 Å². The van der Waals surface area contributed by atoms with Crippen LogP contribution in [0.4, 0.5) is 11.4 Å². The lowest BCUT2D eigenvalue weighted by atomic mass is 9.49. The van der Waals surface area contributed by atoms with E-state index in [9.17, 15) is 24.3 Å². The summed E-state index contributed by atoms with van der Waals surface area (Å²) in [5, 5.41) is 11.9. The summed E-state index contributed by atoms with van der Waals surface area (Å²) in [6.45, 7) is 1.95. The second kappa shape index (κ2) is 13.1. The van der Waals surface area contributed by atoms with Gasteiger partial charge in [-0.15, -0.1) is 0 Å². The fraction of sp³-hybridized carbons (Fsp3) is 0.196. The van der Waals surface area contributed by atoms with Gasteiger partial charge < -0.3 is 5.11 Å². The number of hydrogen-bond donors (Lipinski definition) is 2. The third-order valence-corrected chi connectivity index (χ3v) is 12.0. The van der Waals surface area contributed by atoms with Crippen molar-refractivity contribution in [3.8, 4) is 5.75 Å². The van der Waals surface area contributed by atoms with Gasteiger partial charge in [0, 0.05) is 17.0 Å². The van der Waals surface area contributed by atoms with Gasteiger partial charge in [-0.05, 0) is 85.3 Å². The van der Waals surface area contributed by atoms with Crippen LogP contribution >= 0.6 is 0 Å². The van der Waals surface area contributed by atoms with E-state index in [2.05, 4.69) is 5.43 Å². The minimum Gasteiger partial charge on any atom is -0.508 e. The molecule has 9 nitrogen and oxygen atoms in total. The Hall–Kier alpha value is -6.61. The molecule has 9 heteroatoms. The number of phenolic OH excluding ortho intramolecular Hbond substituents is 1. The Morgan fingerprint density at radius 1 is 0.727 bits per heavy atom. The molecular weight excluding hydrogens is 691 g/mol. The Labute approximate surface area is 317 Å². The number of imide groups is 2. The third-order valence-electron chi connectivity index (χ3n) is 12.0. The number of phenols is 1. The van der Waals surface area contributed by atoms with Gasteiger partial charge in [0.1, 0.15) is 5.75 Å². The van der Waals surface area contributed by atoms with Crippen molar-refractivity contribution in [2.45, 2.75) is 31.1 Å². The SMILES string of the molecule is Cc1ccc(NN2C(=O)C3CC4C(=CCC5C(=O)N(c6ccc(C(=O)c7ccccc7)cc6)C(=O)C54)C(c4cccc(O)c4)C3(c3ccccc3)C2=O)cc1. The normalized spacial score (nSPS) is 25.6. The van der Waals surface area contributed by atoms with Gasteiger partial charge in [0.25, 0.3) is 11.8 Å². The lowest BCUT2D eigenvalue weighted by molar-refractivity contribution is -0.138. The summed E-state index contributed by atoms with van der Waals surface area (Å²) in [6, 6.07) is 38.9. The van der Waals surface area contributed by atoms with Crippen molar-refractivity contribution in [1.29, 1.82) is 0 Å². The minimum absolute atomic E-state index is 0.00701. The third kappa shape index (κ3) is 5.25. The van der Waals surface area contributed by atoms with Crippen LogP contribution in [0, 0.1) is 30.6 Å². The van der Waals surface area contributed by atoms with Crippen molar-refractivity contribution in [3.63, 3.8) is 0 Å². The molecule has 2 saturated heterocycles. The van der Waals surface area contributed by atoms with E-state index < -0.39 is 46.8 Å². The van der Waals surface area contributed by atoms with Gasteiger partial charge in [-0.25, -0.2) is 0 Å². The summed E-state index contributed by atoms with van der Waals surface area (Å²) in [7, 11) is 0. The molecule has 272 valence electrons. The zero-order valence-corrected chi connectivity index (χ0v) is 30.0. The number of ketones is 1. The first kappa shape index (κ1) is 34.2. The lowest BCUT2D eigenvalue weighted by Gasteiger charge is -2.50. The van der Waals surface area contributed by atoms with E-state index in [-0.39, 0.29) is 36.2 Å². The molecule has 3 fully saturated rings. The van der Waals surface area contributed by atoms with Gasteiger partial charge in [0.15, 0.2) is 5.78 Å². The van der Waals surface area contributed by atoms with Crippen LogP contribution in [0.15, 0.2) is 145 Å². The number of benzene rings is 5. The average Bonchev–Trinajstić information content (AvgIpc) is 3.59. The molecule has 5 aromatic rings. The van der Waals surface area contributed by atoms with Crippen LogP contribution < -0.4 is 10.3 Å². The van der Waals surface area contributed by atoms with Crippen molar-refractivity contribution in [2.24, 2.45) is 23.7 Å². The molecule has 2 N–H and O–H groups in total. The number of allylic oxidation sites excluding steroid dienone is 2. The van der Waals surface area contributed by atoms with Crippen molar-refractivity contribution in [3.05, 3.63) is 173 Å². The first-order valence-corrected chi connectivity index (χ1v) is 18.5. The fourth-order valence-electron chi connectivity index (χ4n) is 9.60. The zero-order valence-electron chi connectivity index (χ0n) is 30.0. The summed E-state index contributed by atoms with van der Waals surface area (Å²) < 4.78 is 0. The monoisotopic (exact) mass is 727 g/mol. The number of amides is 4. The van der Waals surface area contributed by atoms with Crippen molar-refractivity contribution >= 4 is 40.8 Å². The molecule has 5 aromatic carbocycles. The molecule has 4 aliphatic rings. The Balaban J connectivity index is 1.14. The number of hydrazine groups is 1. The maximum absolute atomic E-state index is 15.2. The highest BCUT2D eigenvalue weighted by Gasteiger charge is 2.70. The number of hydrogen-bond acceptors (Lipinski definition) is 7. The Morgan fingerprint density at radius 2 is 1.40 bits per heavy atom. The quantitative estimate of drug-likeness (QED) is 0.104. The van der Waals surface area contributed by atoms with E-state index in [0.717, 1.165) is 16.1 Å². The van der Waals surface area contributed by atoms with E-state index in [1.54, 1.807) is 66.7 Å². The second-order valence-corrected chi connectivity index (χ2v) is 14.9. The number of anilines is 2. The number of nitrogens with zero attached hydrogens (tertiary/aromatic N) is 2. The number of aromatic hydroxyl groups is 1. The molecule has 0 radical (unpaired) electrons. The summed E-state index contributed by atoms with van der Waals surface area (Å²) >= 11 is 0. The van der Waals surface area contributed by atoms with E-state index in [4.69, 9.17) is 0 Å². The van der Waals surface area contributed by atoms with Gasteiger partial charge in [-0.1, -0.05) is 102 Å². The zero-order chi connectivity index (χ0) is 38.0. The molecule has 0 spiro atoms. The van der Waals surface area contributed by atoms with Crippen molar-refractivity contribution < 1.29 is 29.1 Å². The molecule has 2 aliphatic carbocycles. The summed E-state index contributed by atoms with van der Waals surface area (Å²) in [5.41, 5.74) is 6.71. The van der Waals surface area contributed by atoms with Gasteiger partial charge in [-0.3, -0.25) is 34.3 Å². The summed E-state index contributed by atoms with van der Waals surface area (Å²) in [5.74, 6) is -5.38. The van der Waals surface area contributed by atoms with Crippen LogP contribution in [0.1, 0.15) is 51.4 Å². The molecule has 2 heterocycles. The number of carbonyl (C=O) groups is 5. The first-order chi connectivity index (χ1) is 26.7. The van der Waals surface area contributed by atoms with Crippen LogP contribution in [0.5, 0.6) is 5.75 Å². The van der Waals surface area contributed by atoms with E-state index in [1.807, 2.05) is 79.7 Å². The summed E-state index contributed by atoms with van der Waals surface area (Å²) in [4.78, 5) is 73.3. The molecule has 6 atom stereocenters. The number of carbonyl (C=O) groups excluding carboxylic acids is 5. The molecule has 2 aliphatic heterocycles. The molecule has 55 heavy (non-hydrogen) atoms. The lowest BCUT2D eigenvalue weighted by Crippen LogP contribution is -2.53. The smallest absolute Gasteiger partial charge is 0.260 e. The average molecular weight is 728 g/mol. The number of nitrogens with one attached hydrogen (secondary N) is 1. The first-order valence-electron chi connectivity index (χ1n) is 18.5. The Morgan fingerprint density at radius 3 is 2.09 bits per heavy atom. The van der Waals surface area contributed by atoms with Crippen LogP contribution in [0.2, 0.25) is 0 Å². The molecule has 0 aromatic heterocycles. The van der Waals surface area contributed by atoms with Gasteiger partial charge >= 0.3 is 0 Å². The van der Waals surface area contributed by atoms with Crippen LogP contribution in [0.25, 0.3) is 0 Å². The summed E-state index contributed by atoms with van der Waals surface area (Å²) in [6.07, 6.45) is 2.41. The Kier molecular flexibility index (Phi) is 8.11. The van der Waals surface area contributed by atoms with Gasteiger partial charge in [-0.2, -0.15) is 5.01 Å². The van der Waals surface area contributed by atoms with Crippen LogP contribution in [0.3, 0.4) is 0 Å². The molecule has 6 unspecified atom stereocenters. The van der Waals surface area contributed by atoms with Crippen molar-refractivity contribution in [1.82, 2.24) is 5.01 Å². The number of rotatable bonds is 7. The minimum atomic E-state index is -1.43. The van der Waals surface area contributed by atoms with Crippen LogP contribution in [-0.4, -0.2) is 39.5 Å². The highest BCUT2D eigenvalue weighted by Crippen LogP contribution is 2.64. The second-order valence-electron chi connectivity index (χ2n) is 14.9. The number of aryl methyl sites for hydroxylation is 1. The molecule has 9 rings (SSSR count). The fourth-order valence-corrected chi connectivity index (χ4v) is 9.60. The standard InChI is InChI=1S/C46H37N3O6/c1-27-15-19-32(20-16-27)47-49-43(53)38-26-37-35(40(30-11-8-14-34(50)25-30)46(38,45(49)55)31-12-6-3-7-13-31)23-24-36-39(37)44(54)48(42(36)52)33-21-17-29(18-22-33)41(51)28-9-4-2-5-10-28/h2-23,25,36-40,47,50H,24,26H2,1H3. The molecule has 1 saturated carbocycles.